The second kappa shape index (κ2) is 14.2. The molecule has 53 heavy (non-hydrogen) atoms. The van der Waals surface area contributed by atoms with Crippen LogP contribution >= 0.6 is 11.6 Å². The number of nitrogens with zero attached hydrogens (tertiary/aromatic N) is 10. The SMILES string of the molecule is Cc1nn(C)cc1-c1nc2ncc(Cl)c(Oc3ccc(N4CCN(CC5CCN(c6ccc(N7CCC(=O)NC7=O)cc6F)CC5)C[C@@H]4C)nn3)c2[nH]1. The number of ether oxygens (including phenoxy) is 1. The van der Waals surface area contributed by atoms with Gasteiger partial charge in [0.15, 0.2) is 17.2 Å². The number of anilines is 3. The van der Waals surface area contributed by atoms with Crippen LogP contribution in [-0.2, 0) is 11.8 Å². The summed E-state index contributed by atoms with van der Waals surface area (Å²) in [5.74, 6) is 1.92. The molecule has 1 atom stereocenters. The smallest absolute Gasteiger partial charge is 0.328 e. The van der Waals surface area contributed by atoms with Crippen LogP contribution in [0, 0.1) is 18.7 Å². The average Bonchev–Trinajstić information content (AvgIpc) is 3.72. The highest BCUT2D eigenvalue weighted by Gasteiger charge is 2.30. The van der Waals surface area contributed by atoms with Crippen LogP contribution in [0.1, 0.15) is 31.9 Å². The van der Waals surface area contributed by atoms with Crippen molar-refractivity contribution in [3.05, 3.63) is 59.3 Å². The second-order valence-electron chi connectivity index (χ2n) is 14.0. The van der Waals surface area contributed by atoms with E-state index in [0.717, 1.165) is 69.2 Å². The van der Waals surface area contributed by atoms with Crippen molar-refractivity contribution in [1.82, 2.24) is 45.1 Å². The Morgan fingerprint density at radius 2 is 1.89 bits per heavy atom. The zero-order valence-electron chi connectivity index (χ0n) is 29.7. The lowest BCUT2D eigenvalue weighted by molar-refractivity contribution is -0.120. The minimum absolute atomic E-state index is 0.197. The number of rotatable bonds is 8. The fourth-order valence-electron chi connectivity index (χ4n) is 7.59. The molecule has 7 heterocycles. The van der Waals surface area contributed by atoms with Crippen LogP contribution in [0.3, 0.4) is 0 Å². The minimum Gasteiger partial charge on any atom is -0.434 e. The Balaban J connectivity index is 0.843. The highest BCUT2D eigenvalue weighted by molar-refractivity contribution is 6.32. The molecule has 3 fully saturated rings. The predicted octanol–water partition coefficient (Wildman–Crippen LogP) is 4.92. The van der Waals surface area contributed by atoms with Gasteiger partial charge in [-0.15, -0.1) is 10.2 Å². The van der Waals surface area contributed by atoms with Crippen LogP contribution in [0.4, 0.5) is 26.4 Å². The van der Waals surface area contributed by atoms with Crippen molar-refractivity contribution in [3.8, 4) is 23.0 Å². The number of urea groups is 1. The number of aryl methyl sites for hydroxylation is 2. The van der Waals surface area contributed by atoms with Gasteiger partial charge in [-0.3, -0.25) is 24.6 Å². The molecular weight excluding hydrogens is 703 g/mol. The maximum absolute atomic E-state index is 15.2. The van der Waals surface area contributed by atoms with E-state index in [9.17, 15) is 9.59 Å². The Labute approximate surface area is 310 Å². The van der Waals surface area contributed by atoms with E-state index in [1.54, 1.807) is 22.9 Å². The van der Waals surface area contributed by atoms with Gasteiger partial charge in [0.25, 0.3) is 0 Å². The molecule has 3 aliphatic rings. The van der Waals surface area contributed by atoms with E-state index in [0.29, 0.717) is 50.9 Å². The van der Waals surface area contributed by atoms with Crippen molar-refractivity contribution in [2.45, 2.75) is 39.2 Å². The van der Waals surface area contributed by atoms with Crippen LogP contribution in [0.15, 0.2) is 42.7 Å². The second-order valence-corrected chi connectivity index (χ2v) is 14.4. The Morgan fingerprint density at radius 1 is 1.06 bits per heavy atom. The van der Waals surface area contributed by atoms with Gasteiger partial charge in [-0.25, -0.2) is 19.2 Å². The number of imidazole rings is 1. The molecule has 8 rings (SSSR count). The minimum atomic E-state index is -0.518. The number of carbonyl (C=O) groups excluding carboxylic acids is 2. The summed E-state index contributed by atoms with van der Waals surface area (Å²) in [5.41, 5.74) is 3.72. The first-order valence-corrected chi connectivity index (χ1v) is 18.2. The molecule has 0 unspecified atom stereocenters. The summed E-state index contributed by atoms with van der Waals surface area (Å²) in [6.45, 7) is 9.50. The van der Waals surface area contributed by atoms with Crippen LogP contribution in [-0.4, -0.2) is 104 Å². The molecule has 0 radical (unpaired) electrons. The first kappa shape index (κ1) is 34.7. The summed E-state index contributed by atoms with van der Waals surface area (Å²) < 4.78 is 23.1. The van der Waals surface area contributed by atoms with Crippen molar-refractivity contribution in [3.63, 3.8) is 0 Å². The van der Waals surface area contributed by atoms with Crippen LogP contribution < -0.4 is 24.8 Å². The molecule has 15 nitrogen and oxygen atoms in total. The number of piperazine rings is 1. The Bertz CT molecular complexity index is 2170. The van der Waals surface area contributed by atoms with Gasteiger partial charge < -0.3 is 19.5 Å². The van der Waals surface area contributed by atoms with Crippen LogP contribution in [0.25, 0.3) is 22.6 Å². The lowest BCUT2D eigenvalue weighted by Gasteiger charge is -2.42. The summed E-state index contributed by atoms with van der Waals surface area (Å²) in [4.78, 5) is 44.2. The largest absolute Gasteiger partial charge is 0.434 e. The number of fused-ring (bicyclic) bond motifs is 1. The van der Waals surface area contributed by atoms with E-state index in [2.05, 4.69) is 57.2 Å². The molecule has 3 saturated heterocycles. The topological polar surface area (TPSA) is 154 Å². The number of benzene rings is 1. The number of imide groups is 1. The number of halogens is 2. The number of hydrogen-bond acceptors (Lipinski definition) is 11. The van der Waals surface area contributed by atoms with Crippen molar-refractivity contribution >= 4 is 51.9 Å². The molecule has 0 aliphatic carbocycles. The number of H-pyrrole nitrogens is 1. The number of carbonyl (C=O) groups is 2. The lowest BCUT2D eigenvalue weighted by atomic mass is 9.95. The Morgan fingerprint density at radius 3 is 2.58 bits per heavy atom. The normalized spacial score (nSPS) is 19.0. The lowest BCUT2D eigenvalue weighted by Crippen LogP contribution is -2.53. The fourth-order valence-corrected chi connectivity index (χ4v) is 7.77. The third-order valence-electron chi connectivity index (χ3n) is 10.3. The number of hydrogen-bond donors (Lipinski definition) is 2. The highest BCUT2D eigenvalue weighted by Crippen LogP contribution is 2.36. The van der Waals surface area contributed by atoms with Crippen molar-refractivity contribution in [2.75, 3.05) is 60.5 Å². The van der Waals surface area contributed by atoms with Gasteiger partial charge >= 0.3 is 6.03 Å². The van der Waals surface area contributed by atoms with Gasteiger partial charge in [-0.1, -0.05) is 11.6 Å². The number of pyridine rings is 1. The summed E-state index contributed by atoms with van der Waals surface area (Å²) in [5, 5.41) is 15.9. The Kier molecular flexibility index (Phi) is 9.32. The molecule has 2 N–H and O–H groups in total. The first-order chi connectivity index (χ1) is 25.6. The molecule has 3 aliphatic heterocycles. The van der Waals surface area contributed by atoms with Gasteiger partial charge in [0, 0.05) is 83.3 Å². The number of aromatic amines is 1. The van der Waals surface area contributed by atoms with Gasteiger partial charge in [-0.05, 0) is 56.9 Å². The number of piperidine rings is 1. The third-order valence-corrected chi connectivity index (χ3v) is 10.6. The Hall–Kier alpha value is -5.35. The molecule has 5 aromatic rings. The maximum Gasteiger partial charge on any atom is 0.328 e. The van der Waals surface area contributed by atoms with E-state index in [-0.39, 0.29) is 30.7 Å². The zero-order valence-corrected chi connectivity index (χ0v) is 30.5. The molecule has 17 heteroatoms. The monoisotopic (exact) mass is 742 g/mol. The molecule has 3 amide bonds. The molecule has 0 bridgehead atoms. The molecule has 1 aromatic carbocycles. The number of amides is 3. The van der Waals surface area contributed by atoms with Crippen LogP contribution in [0.5, 0.6) is 11.6 Å². The number of aromatic nitrogens is 7. The van der Waals surface area contributed by atoms with E-state index in [1.807, 2.05) is 26.2 Å². The van der Waals surface area contributed by atoms with Gasteiger partial charge in [0.2, 0.25) is 11.8 Å². The summed E-state index contributed by atoms with van der Waals surface area (Å²) in [7, 11) is 1.86. The third kappa shape index (κ3) is 7.08. The first-order valence-electron chi connectivity index (χ1n) is 17.8. The van der Waals surface area contributed by atoms with E-state index in [1.165, 1.54) is 17.2 Å². The van der Waals surface area contributed by atoms with Gasteiger partial charge in [-0.2, -0.15) is 5.10 Å². The van der Waals surface area contributed by atoms with Crippen molar-refractivity contribution < 1.29 is 18.7 Å². The summed E-state index contributed by atoms with van der Waals surface area (Å²) in [6.07, 6.45) is 5.53. The summed E-state index contributed by atoms with van der Waals surface area (Å²) >= 11 is 6.53. The summed E-state index contributed by atoms with van der Waals surface area (Å²) in [6, 6.07) is 8.30. The van der Waals surface area contributed by atoms with E-state index >= 15 is 4.39 Å². The highest BCUT2D eigenvalue weighted by atomic mass is 35.5. The number of nitrogens with one attached hydrogen (secondary N) is 2. The van der Waals surface area contributed by atoms with Gasteiger partial charge in [0.1, 0.15) is 22.2 Å². The molecule has 4 aromatic heterocycles. The molecular formula is C36H40ClFN12O3. The standard InChI is InChI=1S/C36H40ClFN12O3/c1-21-18-47(19-23-8-11-48(12-9-23)28-5-4-24(16-27(28)38)50-13-10-30(51)40-36(50)52)14-15-49(21)29-6-7-31(44-43-29)53-33-26(37)17-39-35-32(33)41-34(42-35)25-20-46(3)45-22(25)2/h4-7,16-17,20-21,23H,8-15,18-19H2,1-3H3,(H,39,41,42)(H,40,51,52)/t21-/m0/s1. The molecule has 276 valence electrons. The zero-order chi connectivity index (χ0) is 36.8. The van der Waals surface area contributed by atoms with Crippen molar-refractivity contribution in [1.29, 1.82) is 0 Å². The average molecular weight is 743 g/mol. The maximum atomic E-state index is 15.2. The quantitative estimate of drug-likeness (QED) is 0.223. The fraction of sp³-hybridized carbons (Fsp3) is 0.417. The van der Waals surface area contributed by atoms with E-state index in [4.69, 9.17) is 16.3 Å². The van der Waals surface area contributed by atoms with Crippen molar-refractivity contribution in [2.24, 2.45) is 13.0 Å². The molecule has 0 spiro atoms. The molecule has 0 saturated carbocycles. The van der Waals surface area contributed by atoms with E-state index < -0.39 is 6.03 Å². The van der Waals surface area contributed by atoms with Gasteiger partial charge in [0.05, 0.1) is 23.1 Å². The van der Waals surface area contributed by atoms with Crippen LogP contribution in [0.2, 0.25) is 5.02 Å². The predicted molar refractivity (Wildman–Crippen MR) is 198 cm³/mol.